The van der Waals surface area contributed by atoms with Gasteiger partial charge in [-0.3, -0.25) is 9.59 Å². The first-order chi connectivity index (χ1) is 16.5. The molecule has 0 saturated carbocycles. The molecule has 184 valence electrons. The van der Waals surface area contributed by atoms with Crippen LogP contribution < -0.4 is 19.5 Å². The Labute approximate surface area is 214 Å². The molecule has 0 aliphatic heterocycles. The van der Waals surface area contributed by atoms with Gasteiger partial charge in [-0.2, -0.15) is 0 Å². The molecule has 1 unspecified atom stereocenters. The van der Waals surface area contributed by atoms with Gasteiger partial charge in [-0.05, 0) is 65.9 Å². The summed E-state index contributed by atoms with van der Waals surface area (Å²) in [5.41, 5.74) is 2.02. The van der Waals surface area contributed by atoms with Gasteiger partial charge in [0.25, 0.3) is 7.14 Å². The van der Waals surface area contributed by atoms with Crippen molar-refractivity contribution in [1.82, 2.24) is 0 Å². The van der Waals surface area contributed by atoms with Crippen molar-refractivity contribution in [2.75, 3.05) is 21.3 Å². The Kier molecular flexibility index (Phi) is 7.93. The Morgan fingerprint density at radius 1 is 0.771 bits per heavy atom. The van der Waals surface area contributed by atoms with E-state index in [0.29, 0.717) is 15.6 Å². The molecular formula is C27H28BrO6P. The van der Waals surface area contributed by atoms with Gasteiger partial charge in [0.1, 0.15) is 11.1 Å². The normalized spacial score (nSPS) is 12.6. The van der Waals surface area contributed by atoms with E-state index in [0.717, 1.165) is 11.1 Å². The van der Waals surface area contributed by atoms with Gasteiger partial charge in [-0.15, -0.1) is 0 Å². The summed E-state index contributed by atoms with van der Waals surface area (Å²) in [6, 6.07) is 11.6. The summed E-state index contributed by atoms with van der Waals surface area (Å²) >= 11 is 3.41. The maximum Gasteiger partial charge on any atom is 0.256 e. The topological polar surface area (TPSA) is 78.9 Å². The quantitative estimate of drug-likeness (QED) is 0.298. The van der Waals surface area contributed by atoms with Gasteiger partial charge in [-0.25, -0.2) is 0 Å². The highest BCUT2D eigenvalue weighted by molar-refractivity contribution is 9.10. The first kappa shape index (κ1) is 26.7. The highest BCUT2D eigenvalue weighted by atomic mass is 79.9. The molecule has 8 heteroatoms. The standard InChI is InChI=1S/C27H28BrO6P/c1-15-13-16(2)22(18(4)17(15)3)27(30)35(31,26(29)19-11-9-8-10-12-19)25-23(33-6)20(28)14-21(32-5)24(25)34-7/h8-14H,1-7H3. The lowest BCUT2D eigenvalue weighted by Gasteiger charge is -2.25. The minimum atomic E-state index is -4.60. The molecule has 0 heterocycles. The summed E-state index contributed by atoms with van der Waals surface area (Å²) in [5, 5.41) is -0.135. The van der Waals surface area contributed by atoms with Crippen LogP contribution in [0.3, 0.4) is 0 Å². The van der Waals surface area contributed by atoms with Crippen molar-refractivity contribution in [3.8, 4) is 17.2 Å². The maximum absolute atomic E-state index is 15.2. The van der Waals surface area contributed by atoms with Crippen molar-refractivity contribution >= 4 is 39.4 Å². The molecule has 0 radical (unpaired) electrons. The highest BCUT2D eigenvalue weighted by Gasteiger charge is 2.49. The average molecular weight is 559 g/mol. The molecule has 0 saturated heterocycles. The lowest BCUT2D eigenvalue weighted by atomic mass is 9.95. The van der Waals surface area contributed by atoms with E-state index in [1.165, 1.54) is 33.5 Å². The first-order valence-electron chi connectivity index (χ1n) is 10.9. The van der Waals surface area contributed by atoms with Crippen LogP contribution in [-0.4, -0.2) is 32.4 Å². The van der Waals surface area contributed by atoms with E-state index in [4.69, 9.17) is 14.2 Å². The Morgan fingerprint density at radius 2 is 1.37 bits per heavy atom. The molecule has 3 rings (SSSR count). The van der Waals surface area contributed by atoms with E-state index < -0.39 is 18.2 Å². The molecule has 0 aromatic heterocycles. The molecule has 3 aromatic carbocycles. The summed E-state index contributed by atoms with van der Waals surface area (Å²) in [4.78, 5) is 28.4. The molecule has 0 aliphatic rings. The highest BCUT2D eigenvalue weighted by Crippen LogP contribution is 2.58. The summed E-state index contributed by atoms with van der Waals surface area (Å²) in [7, 11) is -0.436. The molecule has 0 amide bonds. The number of ether oxygens (including phenoxy) is 3. The summed E-state index contributed by atoms with van der Waals surface area (Å²) in [6.45, 7) is 7.42. The smallest absolute Gasteiger partial charge is 0.256 e. The van der Waals surface area contributed by atoms with E-state index in [-0.39, 0.29) is 33.7 Å². The van der Waals surface area contributed by atoms with Crippen LogP contribution in [0.1, 0.15) is 43.0 Å². The number of benzene rings is 3. The van der Waals surface area contributed by atoms with Crippen LogP contribution in [0.5, 0.6) is 17.2 Å². The third kappa shape index (κ3) is 4.43. The van der Waals surface area contributed by atoms with Gasteiger partial charge in [0.15, 0.2) is 11.5 Å². The van der Waals surface area contributed by atoms with Crippen LogP contribution in [0.4, 0.5) is 0 Å². The predicted octanol–water partition coefficient (Wildman–Crippen LogP) is 6.38. The lowest BCUT2D eigenvalue weighted by molar-refractivity contribution is 0.104. The van der Waals surface area contributed by atoms with Gasteiger partial charge in [0.2, 0.25) is 11.0 Å². The number of hydrogen-bond donors (Lipinski definition) is 0. The Hall–Kier alpha value is -2.89. The number of carbonyl (C=O) groups excluding carboxylic acids is 2. The zero-order valence-corrected chi connectivity index (χ0v) is 23.3. The number of methoxy groups -OCH3 is 3. The number of hydrogen-bond acceptors (Lipinski definition) is 6. The van der Waals surface area contributed by atoms with Crippen molar-refractivity contribution in [2.24, 2.45) is 0 Å². The van der Waals surface area contributed by atoms with Crippen molar-refractivity contribution < 1.29 is 28.4 Å². The SMILES string of the molecule is COc1cc(Br)c(OC)c(P(=O)(C(=O)c2ccccc2)C(=O)c2c(C)cc(C)c(C)c2C)c1OC. The third-order valence-corrected chi connectivity index (χ3v) is 9.49. The van der Waals surface area contributed by atoms with Crippen molar-refractivity contribution in [1.29, 1.82) is 0 Å². The largest absolute Gasteiger partial charge is 0.495 e. The van der Waals surface area contributed by atoms with E-state index in [2.05, 4.69) is 15.9 Å². The molecule has 1 atom stereocenters. The number of carbonyl (C=O) groups is 2. The first-order valence-corrected chi connectivity index (χ1v) is 13.4. The molecule has 6 nitrogen and oxygen atoms in total. The second kappa shape index (κ2) is 10.4. The van der Waals surface area contributed by atoms with E-state index in [1.807, 2.05) is 19.9 Å². The summed E-state index contributed by atoms with van der Waals surface area (Å²) in [6.07, 6.45) is 0. The van der Waals surface area contributed by atoms with Crippen molar-refractivity contribution in [2.45, 2.75) is 27.7 Å². The van der Waals surface area contributed by atoms with Gasteiger partial charge >= 0.3 is 0 Å². The molecule has 35 heavy (non-hydrogen) atoms. The van der Waals surface area contributed by atoms with Crippen LogP contribution in [0.15, 0.2) is 46.9 Å². The second-order valence-corrected chi connectivity index (χ2v) is 11.5. The molecule has 0 spiro atoms. The van der Waals surface area contributed by atoms with Crippen molar-refractivity contribution in [3.05, 3.63) is 80.3 Å². The second-order valence-electron chi connectivity index (χ2n) is 8.20. The van der Waals surface area contributed by atoms with Gasteiger partial charge in [-0.1, -0.05) is 36.4 Å². The van der Waals surface area contributed by atoms with Crippen LogP contribution in [0.2, 0.25) is 0 Å². The molecule has 0 bridgehead atoms. The fraction of sp³-hybridized carbons (Fsp3) is 0.259. The van der Waals surface area contributed by atoms with Gasteiger partial charge in [0.05, 0.1) is 25.8 Å². The zero-order valence-electron chi connectivity index (χ0n) is 20.8. The minimum absolute atomic E-state index is 0.00709. The molecular weight excluding hydrogens is 531 g/mol. The van der Waals surface area contributed by atoms with Gasteiger partial charge in [0, 0.05) is 17.2 Å². The number of halogens is 1. The predicted molar refractivity (Wildman–Crippen MR) is 142 cm³/mol. The van der Waals surface area contributed by atoms with Crippen molar-refractivity contribution in [3.63, 3.8) is 0 Å². The maximum atomic E-state index is 15.2. The number of aryl methyl sites for hydroxylation is 2. The Morgan fingerprint density at radius 3 is 1.91 bits per heavy atom. The Bertz CT molecular complexity index is 1360. The Balaban J connectivity index is 2.52. The monoisotopic (exact) mass is 558 g/mol. The average Bonchev–Trinajstić information content (AvgIpc) is 2.86. The third-order valence-electron chi connectivity index (χ3n) is 6.23. The van der Waals surface area contributed by atoms with Gasteiger partial charge < -0.3 is 18.8 Å². The number of rotatable bonds is 8. The van der Waals surface area contributed by atoms with E-state index >= 15 is 4.57 Å². The zero-order chi connectivity index (χ0) is 26.1. The molecule has 0 N–H and O–H groups in total. The summed E-state index contributed by atoms with van der Waals surface area (Å²) < 4.78 is 32.1. The van der Waals surface area contributed by atoms with Crippen LogP contribution in [0.25, 0.3) is 0 Å². The fourth-order valence-electron chi connectivity index (χ4n) is 4.24. The molecule has 3 aromatic rings. The molecule has 0 aliphatic carbocycles. The fourth-order valence-corrected chi connectivity index (χ4v) is 7.71. The van der Waals surface area contributed by atoms with E-state index in [1.54, 1.807) is 38.1 Å². The molecule has 0 fully saturated rings. The van der Waals surface area contributed by atoms with Crippen LogP contribution >= 0.6 is 23.1 Å². The lowest BCUT2D eigenvalue weighted by Crippen LogP contribution is -2.25. The summed E-state index contributed by atoms with van der Waals surface area (Å²) in [5.74, 6) is 0.285. The van der Waals surface area contributed by atoms with Crippen LogP contribution in [0, 0.1) is 27.7 Å². The minimum Gasteiger partial charge on any atom is -0.495 e. The van der Waals surface area contributed by atoms with Crippen LogP contribution in [-0.2, 0) is 4.57 Å². The van der Waals surface area contributed by atoms with E-state index in [9.17, 15) is 9.59 Å².